The number of piperidine rings is 1. The van der Waals surface area contributed by atoms with Crippen LogP contribution < -0.4 is 10.00 Å². The van der Waals surface area contributed by atoms with Gasteiger partial charge in [-0.15, -0.1) is 4.68 Å². The lowest BCUT2D eigenvalue weighted by molar-refractivity contribution is -0.915. The standard InChI is InChI=1S/C38H45ClF2N8O5/c1-24-30(23-48(44-24)15-20-54-4)27-7-8-29(34(41)33(27)40)32-22-42-35(45(32)2)36(51)43-26-5-6-28(31(39)21-26)38(53)47-13-11-46(12-14-47)37(52)25-9-16-49(3,17-10-25)18-19-50/h5-8,21-23,25,50H,9-20H2,1-4H3/p+2. The number of nitrogens with zero attached hydrogens (tertiary/aromatic N) is 6. The van der Waals surface area contributed by atoms with E-state index in [1.54, 1.807) is 35.9 Å². The lowest BCUT2D eigenvalue weighted by Gasteiger charge is -2.42. The molecule has 0 radical (unpaired) electrons. The summed E-state index contributed by atoms with van der Waals surface area (Å²) >= 11 is 6.55. The fourth-order valence-electron chi connectivity index (χ4n) is 7.38. The number of imidazole rings is 1. The number of quaternary nitrogens is 1. The number of carbonyl (C=O) groups excluding carboxylic acids is 3. The molecule has 4 aromatic rings. The summed E-state index contributed by atoms with van der Waals surface area (Å²) in [5.74, 6) is -2.95. The molecule has 3 N–H and O–H groups in total. The molecular formula is C38H47ClF2N8O5+2. The Morgan fingerprint density at radius 2 is 1.72 bits per heavy atom. The lowest BCUT2D eigenvalue weighted by atomic mass is 9.93. The zero-order valence-electron chi connectivity index (χ0n) is 31.0. The minimum Gasteiger partial charge on any atom is -0.391 e. The summed E-state index contributed by atoms with van der Waals surface area (Å²) in [4.78, 5) is 47.6. The number of amides is 3. The van der Waals surface area contributed by atoms with Gasteiger partial charge in [0.15, 0.2) is 24.0 Å². The van der Waals surface area contributed by atoms with E-state index in [1.165, 1.54) is 42.1 Å². The molecule has 16 heteroatoms. The normalized spacial score (nSPS) is 18.9. The average molecular weight is 769 g/mol. The van der Waals surface area contributed by atoms with Crippen molar-refractivity contribution in [3.8, 4) is 22.4 Å². The Balaban J connectivity index is 1.07. The number of hydrogen-bond acceptors (Lipinski definition) is 6. The summed E-state index contributed by atoms with van der Waals surface area (Å²) in [5, 5.41) is 15.3. The van der Waals surface area contributed by atoms with Crippen molar-refractivity contribution in [1.82, 2.24) is 24.4 Å². The summed E-state index contributed by atoms with van der Waals surface area (Å²) in [6.07, 6.45) is 4.57. The van der Waals surface area contributed by atoms with Gasteiger partial charge in [0.1, 0.15) is 13.2 Å². The van der Waals surface area contributed by atoms with E-state index in [0.717, 1.165) is 30.4 Å². The highest BCUT2D eigenvalue weighted by Gasteiger charge is 2.36. The van der Waals surface area contributed by atoms with Crippen LogP contribution in [0.1, 0.15) is 39.5 Å². The molecule has 0 aliphatic carbocycles. The molecule has 2 aromatic heterocycles. The van der Waals surface area contributed by atoms with Crippen LogP contribution in [0, 0.1) is 24.5 Å². The van der Waals surface area contributed by atoms with Crippen LogP contribution >= 0.6 is 11.6 Å². The van der Waals surface area contributed by atoms with Gasteiger partial charge in [-0.2, -0.15) is 5.10 Å². The van der Waals surface area contributed by atoms with Crippen molar-refractivity contribution < 1.29 is 42.2 Å². The fourth-order valence-corrected chi connectivity index (χ4v) is 7.64. The van der Waals surface area contributed by atoms with Crippen molar-refractivity contribution in [3.63, 3.8) is 0 Å². The molecule has 0 unspecified atom stereocenters. The molecule has 4 heterocycles. The average Bonchev–Trinajstić information content (AvgIpc) is 3.73. The second-order valence-electron chi connectivity index (χ2n) is 14.3. The number of piperazine rings is 1. The van der Waals surface area contributed by atoms with E-state index in [9.17, 15) is 19.5 Å². The highest BCUT2D eigenvalue weighted by molar-refractivity contribution is 6.34. The number of rotatable bonds is 11. The monoisotopic (exact) mass is 768 g/mol. The van der Waals surface area contributed by atoms with Crippen molar-refractivity contribution in [2.24, 2.45) is 13.0 Å². The van der Waals surface area contributed by atoms with Crippen LogP contribution in [0.15, 0.2) is 42.7 Å². The van der Waals surface area contributed by atoms with Crippen molar-refractivity contribution in [2.45, 2.75) is 26.3 Å². The maximum absolute atomic E-state index is 15.5. The number of nitrogens with one attached hydrogen (secondary N) is 2. The first-order valence-electron chi connectivity index (χ1n) is 18.1. The third kappa shape index (κ3) is 8.04. The number of H-pyrrole nitrogens is 1. The first kappa shape index (κ1) is 39.0. The van der Waals surface area contributed by atoms with Crippen LogP contribution in [0.5, 0.6) is 0 Å². The zero-order valence-corrected chi connectivity index (χ0v) is 31.8. The second-order valence-corrected chi connectivity index (χ2v) is 14.7. The molecule has 2 saturated heterocycles. The van der Waals surface area contributed by atoms with Gasteiger partial charge in [0.25, 0.3) is 11.8 Å². The van der Waals surface area contributed by atoms with Crippen molar-refractivity contribution in [3.05, 3.63) is 76.5 Å². The molecule has 2 aliphatic rings. The van der Waals surface area contributed by atoms with Crippen molar-refractivity contribution >= 4 is 35.0 Å². The van der Waals surface area contributed by atoms with Gasteiger partial charge >= 0.3 is 0 Å². The number of benzene rings is 2. The van der Waals surface area contributed by atoms with E-state index < -0.39 is 17.5 Å². The molecule has 0 atom stereocenters. The number of aliphatic hydroxyl groups excluding tert-OH is 1. The number of ether oxygens (including phenoxy) is 1. The van der Waals surface area contributed by atoms with Crippen molar-refractivity contribution in [1.29, 1.82) is 0 Å². The summed E-state index contributed by atoms with van der Waals surface area (Å²) in [7, 11) is 5.23. The van der Waals surface area contributed by atoms with Gasteiger partial charge in [-0.05, 0) is 31.2 Å². The van der Waals surface area contributed by atoms with Gasteiger partial charge < -0.3 is 34.0 Å². The third-order valence-electron chi connectivity index (χ3n) is 10.7. The highest BCUT2D eigenvalue weighted by Crippen LogP contribution is 2.33. The van der Waals surface area contributed by atoms with Gasteiger partial charge in [-0.25, -0.2) is 13.8 Å². The number of aliphatic hydroxyl groups is 1. The van der Waals surface area contributed by atoms with Crippen LogP contribution in [0.2, 0.25) is 5.02 Å². The fraction of sp³-hybridized carbons (Fsp3) is 0.447. The van der Waals surface area contributed by atoms with E-state index in [1.807, 2.05) is 4.90 Å². The lowest BCUT2D eigenvalue weighted by Crippen LogP contribution is -2.56. The number of aromatic amines is 1. The molecule has 13 nitrogen and oxygen atoms in total. The van der Waals surface area contributed by atoms with Crippen molar-refractivity contribution in [2.75, 3.05) is 78.5 Å². The maximum Gasteiger partial charge on any atom is 0.291 e. The Morgan fingerprint density at radius 1 is 1.06 bits per heavy atom. The predicted molar refractivity (Wildman–Crippen MR) is 198 cm³/mol. The van der Waals surface area contributed by atoms with Crippen LogP contribution in [-0.4, -0.2) is 125 Å². The first-order chi connectivity index (χ1) is 25.8. The van der Waals surface area contributed by atoms with Gasteiger partial charge in [0.05, 0.1) is 60.5 Å². The number of halogens is 3. The number of carbonyl (C=O) groups is 3. The Morgan fingerprint density at radius 3 is 2.39 bits per heavy atom. The molecular weight excluding hydrogens is 722 g/mol. The number of aromatic nitrogens is 4. The third-order valence-corrected chi connectivity index (χ3v) is 11.0. The summed E-state index contributed by atoms with van der Waals surface area (Å²) in [6, 6.07) is 7.52. The zero-order chi connectivity index (χ0) is 38.7. The van der Waals surface area contributed by atoms with E-state index in [4.69, 9.17) is 16.3 Å². The minimum absolute atomic E-state index is 0.0399. The minimum atomic E-state index is -1.07. The molecule has 2 fully saturated rings. The van der Waals surface area contributed by atoms with Gasteiger partial charge in [-0.3, -0.25) is 14.4 Å². The molecule has 2 aliphatic heterocycles. The van der Waals surface area contributed by atoms with Gasteiger partial charge in [0, 0.05) is 75.9 Å². The Hall–Kier alpha value is -4.70. The Labute approximate surface area is 317 Å². The predicted octanol–water partition coefficient (Wildman–Crippen LogP) is 3.64. The molecule has 2 aromatic carbocycles. The molecule has 3 amide bonds. The second kappa shape index (κ2) is 16.3. The molecule has 0 spiro atoms. The molecule has 6 rings (SSSR count). The molecule has 288 valence electrons. The number of hydrogen-bond donors (Lipinski definition) is 3. The number of anilines is 1. The molecule has 0 saturated carbocycles. The smallest absolute Gasteiger partial charge is 0.291 e. The number of likely N-dealkylation sites (tertiary alicyclic amines) is 1. The summed E-state index contributed by atoms with van der Waals surface area (Å²) in [5.41, 5.74) is 1.99. The highest BCUT2D eigenvalue weighted by atomic mass is 35.5. The van der Waals surface area contributed by atoms with Crippen LogP contribution in [0.25, 0.3) is 22.4 Å². The quantitative estimate of drug-likeness (QED) is 0.158. The first-order valence-corrected chi connectivity index (χ1v) is 18.4. The van der Waals surface area contributed by atoms with E-state index in [-0.39, 0.29) is 57.6 Å². The molecule has 0 bridgehead atoms. The SMILES string of the molecule is COCC[n+]1cc(-c2ccc(-c3cnc(C(=O)Nc4ccc(C(=O)N5CCN(C(=O)C6CC[N+](C)(CCO)CC6)CC5)c(Cl)c4)n3C)c(F)c2F)c(C)[nH]1. The van der Waals surface area contributed by atoms with Gasteiger partial charge in [0.2, 0.25) is 12.1 Å². The largest absolute Gasteiger partial charge is 0.391 e. The van der Waals surface area contributed by atoms with Crippen LogP contribution in [0.4, 0.5) is 14.5 Å². The van der Waals surface area contributed by atoms with Crippen LogP contribution in [0.3, 0.4) is 0 Å². The summed E-state index contributed by atoms with van der Waals surface area (Å²) < 4.78 is 40.0. The Bertz CT molecular complexity index is 2040. The number of aryl methyl sites for hydroxylation is 1. The number of likely N-dealkylation sites (N-methyl/N-ethyl adjacent to an activating group) is 1. The maximum atomic E-state index is 15.5. The summed E-state index contributed by atoms with van der Waals surface area (Å²) in [6.45, 7) is 6.90. The Kier molecular flexibility index (Phi) is 11.8. The van der Waals surface area contributed by atoms with Crippen LogP contribution in [-0.2, 0) is 23.1 Å². The topological polar surface area (TPSA) is 137 Å². The van der Waals surface area contributed by atoms with E-state index >= 15 is 8.78 Å². The molecule has 54 heavy (non-hydrogen) atoms. The van der Waals surface area contributed by atoms with E-state index in [0.29, 0.717) is 62.8 Å². The number of methoxy groups -OCH3 is 1. The van der Waals surface area contributed by atoms with E-state index in [2.05, 4.69) is 22.4 Å². The van der Waals surface area contributed by atoms with Gasteiger partial charge in [-0.1, -0.05) is 17.7 Å².